The number of piperidine rings is 1. The average Bonchev–Trinajstić information content (AvgIpc) is 3.00. The maximum Gasteiger partial charge on any atom is 0.207 e. The lowest BCUT2D eigenvalue weighted by atomic mass is 10.1. The summed E-state index contributed by atoms with van der Waals surface area (Å²) in [5, 5.41) is 15.6. The molecule has 0 amide bonds. The van der Waals surface area contributed by atoms with Crippen LogP contribution < -0.4 is 4.90 Å². The molecule has 1 unspecified atom stereocenters. The van der Waals surface area contributed by atoms with E-state index in [0.29, 0.717) is 45.1 Å². The molecule has 1 fully saturated rings. The van der Waals surface area contributed by atoms with Crippen molar-refractivity contribution < 1.29 is 14.4 Å². The van der Waals surface area contributed by atoms with Gasteiger partial charge in [-0.2, -0.15) is 4.68 Å². The van der Waals surface area contributed by atoms with Crippen LogP contribution in [0.2, 0.25) is 15.1 Å². The van der Waals surface area contributed by atoms with Gasteiger partial charge < -0.3 is 10.0 Å². The molecule has 0 spiro atoms. The van der Waals surface area contributed by atoms with Gasteiger partial charge in [0.15, 0.2) is 12.5 Å². The van der Waals surface area contributed by atoms with E-state index in [-0.39, 0.29) is 11.1 Å². The van der Waals surface area contributed by atoms with Crippen molar-refractivity contribution in [3.8, 4) is 17.1 Å². The van der Waals surface area contributed by atoms with E-state index in [1.165, 1.54) is 17.0 Å². The molecule has 2 N–H and O–H groups in total. The van der Waals surface area contributed by atoms with Gasteiger partial charge in [0, 0.05) is 10.6 Å². The summed E-state index contributed by atoms with van der Waals surface area (Å²) >= 11 is 24.2. The summed E-state index contributed by atoms with van der Waals surface area (Å²) < 4.78 is 17.6. The van der Waals surface area contributed by atoms with Gasteiger partial charge in [0.25, 0.3) is 0 Å². The number of halogens is 4. The fourth-order valence-electron chi connectivity index (χ4n) is 3.69. The Hall–Kier alpha value is -1.48. The molecule has 3 aromatic rings. The molecular formula is C20H19Cl3FN4OS+. The number of rotatable bonds is 4. The minimum absolute atomic E-state index is 0.0138. The molecule has 2 atom stereocenters. The number of benzene rings is 2. The summed E-state index contributed by atoms with van der Waals surface area (Å²) in [7, 11) is 0. The lowest BCUT2D eigenvalue weighted by Gasteiger charge is -2.26. The second-order valence-electron chi connectivity index (χ2n) is 7.32. The fourth-order valence-corrected chi connectivity index (χ4v) is 4.66. The summed E-state index contributed by atoms with van der Waals surface area (Å²) in [4.78, 5) is 1.18. The van der Waals surface area contributed by atoms with Gasteiger partial charge in [0.05, 0.1) is 22.3 Å². The van der Waals surface area contributed by atoms with Gasteiger partial charge in [-0.3, -0.25) is 4.57 Å². The molecular weight excluding hydrogens is 470 g/mol. The monoisotopic (exact) mass is 487 g/mol. The van der Waals surface area contributed by atoms with Crippen LogP contribution in [0.4, 0.5) is 4.39 Å². The summed E-state index contributed by atoms with van der Waals surface area (Å²) in [6.07, 6.45) is 1.42. The van der Waals surface area contributed by atoms with Gasteiger partial charge in [-0.05, 0) is 61.5 Å². The smallest absolute Gasteiger partial charge is 0.207 e. The zero-order valence-corrected chi connectivity index (χ0v) is 18.9. The highest BCUT2D eigenvalue weighted by atomic mass is 35.5. The molecule has 2 aromatic carbocycles. The zero-order chi connectivity index (χ0) is 21.4. The van der Waals surface area contributed by atoms with Crippen molar-refractivity contribution >= 4 is 47.0 Å². The van der Waals surface area contributed by atoms with Gasteiger partial charge in [-0.25, -0.2) is 4.39 Å². The Labute approximate surface area is 193 Å². The maximum atomic E-state index is 13.7. The van der Waals surface area contributed by atoms with E-state index in [1.807, 2.05) is 0 Å². The Kier molecular flexibility index (Phi) is 6.48. The van der Waals surface area contributed by atoms with E-state index in [1.54, 1.807) is 33.5 Å². The predicted octanol–water partition coefficient (Wildman–Crippen LogP) is 4.17. The van der Waals surface area contributed by atoms with Crippen LogP contribution in [0.15, 0.2) is 36.4 Å². The van der Waals surface area contributed by atoms with E-state index < -0.39 is 5.82 Å². The molecule has 0 radical (unpaired) electrons. The largest absolute Gasteiger partial charge is 0.387 e. The normalized spacial score (nSPS) is 19.2. The van der Waals surface area contributed by atoms with Crippen LogP contribution in [0.3, 0.4) is 0 Å². The number of aromatic nitrogens is 3. The molecule has 1 saturated heterocycles. The fraction of sp³-hybridized carbons (Fsp3) is 0.300. The lowest BCUT2D eigenvalue weighted by molar-refractivity contribution is -0.931. The molecule has 5 nitrogen and oxygen atoms in total. The van der Waals surface area contributed by atoms with Crippen molar-refractivity contribution in [3.05, 3.63) is 62.1 Å². The first-order chi connectivity index (χ1) is 14.3. The van der Waals surface area contributed by atoms with E-state index in [9.17, 15) is 9.50 Å². The number of hydrogen-bond donors (Lipinski definition) is 2. The molecule has 1 aliphatic rings. The number of likely N-dealkylation sites (tertiary alicyclic amines) is 1. The van der Waals surface area contributed by atoms with Crippen molar-refractivity contribution in [3.63, 3.8) is 0 Å². The van der Waals surface area contributed by atoms with E-state index >= 15 is 0 Å². The number of nitrogens with one attached hydrogen (secondary N) is 1. The number of aliphatic hydroxyl groups is 1. The lowest BCUT2D eigenvalue weighted by Crippen LogP contribution is -3.13. The highest BCUT2D eigenvalue weighted by molar-refractivity contribution is 7.71. The standard InChI is InChI=1S/C20H18Cl3FN4OS/c21-12-3-5-15(16(22)8-12)19-25-27(11-26-7-1-2-14(29)10-26)20(30)28(19)13-4-6-18(24)17(23)9-13/h3-6,8-9,14,29H,1-2,7,10-11H2/p+1/t14-/m1/s1. The first-order valence-corrected chi connectivity index (χ1v) is 11.0. The van der Waals surface area contributed by atoms with E-state index in [0.717, 1.165) is 19.4 Å². The minimum atomic E-state index is -0.517. The summed E-state index contributed by atoms with van der Waals surface area (Å²) in [6.45, 7) is 2.05. The molecule has 10 heteroatoms. The highest BCUT2D eigenvalue weighted by Gasteiger charge is 2.24. The Morgan fingerprint density at radius 3 is 2.67 bits per heavy atom. The van der Waals surface area contributed by atoms with E-state index in [2.05, 4.69) is 0 Å². The molecule has 1 aliphatic heterocycles. The van der Waals surface area contributed by atoms with Gasteiger partial charge in [0.2, 0.25) is 4.77 Å². The van der Waals surface area contributed by atoms with Crippen molar-refractivity contribution in [2.24, 2.45) is 0 Å². The third-order valence-corrected chi connectivity index (χ3v) is 6.37. The van der Waals surface area contributed by atoms with Crippen LogP contribution in [0.5, 0.6) is 0 Å². The molecule has 0 aliphatic carbocycles. The molecule has 0 bridgehead atoms. The summed E-state index contributed by atoms with van der Waals surface area (Å²) in [5.74, 6) is -0.0153. The van der Waals surface area contributed by atoms with Gasteiger partial charge in [0.1, 0.15) is 18.5 Å². The minimum Gasteiger partial charge on any atom is -0.387 e. The summed E-state index contributed by atoms with van der Waals surface area (Å²) in [6, 6.07) is 9.51. The number of nitrogens with zero attached hydrogens (tertiary/aromatic N) is 3. The van der Waals surface area contributed by atoms with Gasteiger partial charge >= 0.3 is 0 Å². The highest BCUT2D eigenvalue weighted by Crippen LogP contribution is 2.32. The Morgan fingerprint density at radius 1 is 1.17 bits per heavy atom. The molecule has 30 heavy (non-hydrogen) atoms. The van der Waals surface area contributed by atoms with Crippen molar-refractivity contribution in [2.45, 2.75) is 25.6 Å². The van der Waals surface area contributed by atoms with Crippen LogP contribution in [0.1, 0.15) is 12.8 Å². The zero-order valence-electron chi connectivity index (χ0n) is 15.8. The van der Waals surface area contributed by atoms with Crippen LogP contribution in [0.25, 0.3) is 17.1 Å². The number of aliphatic hydroxyl groups excluding tert-OH is 1. The first-order valence-electron chi connectivity index (χ1n) is 9.46. The third-order valence-electron chi connectivity index (χ3n) is 5.14. The predicted molar refractivity (Wildman–Crippen MR) is 119 cm³/mol. The Bertz CT molecular complexity index is 1150. The topological polar surface area (TPSA) is 47.4 Å². The number of quaternary nitrogens is 1. The van der Waals surface area contributed by atoms with E-state index in [4.69, 9.17) is 52.1 Å². The average molecular weight is 489 g/mol. The first kappa shape index (κ1) is 21.7. The van der Waals surface area contributed by atoms with Crippen LogP contribution in [0, 0.1) is 10.6 Å². The second kappa shape index (κ2) is 8.94. The van der Waals surface area contributed by atoms with Crippen LogP contribution in [-0.4, -0.2) is 38.6 Å². The van der Waals surface area contributed by atoms with Crippen LogP contribution >= 0.6 is 47.0 Å². The SMILES string of the molecule is O[C@@H]1CCC[NH+](Cn2nc(-c3ccc(Cl)cc3Cl)n(-c3ccc(F)c(Cl)c3)c2=S)C1. The van der Waals surface area contributed by atoms with Gasteiger partial charge in [-0.1, -0.05) is 34.8 Å². The van der Waals surface area contributed by atoms with Crippen molar-refractivity contribution in [2.75, 3.05) is 13.1 Å². The van der Waals surface area contributed by atoms with Crippen LogP contribution in [-0.2, 0) is 6.67 Å². The molecule has 158 valence electrons. The Balaban J connectivity index is 1.84. The maximum absolute atomic E-state index is 13.7. The molecule has 1 aromatic heterocycles. The summed E-state index contributed by atoms with van der Waals surface area (Å²) in [5.41, 5.74) is 1.22. The van der Waals surface area contributed by atoms with Crippen molar-refractivity contribution in [1.29, 1.82) is 0 Å². The quantitative estimate of drug-likeness (QED) is 0.542. The number of hydrogen-bond acceptors (Lipinski definition) is 3. The second-order valence-corrected chi connectivity index (χ2v) is 8.94. The molecule has 2 heterocycles. The molecule has 4 rings (SSSR count). The van der Waals surface area contributed by atoms with Crippen molar-refractivity contribution in [1.82, 2.24) is 14.3 Å². The van der Waals surface area contributed by atoms with Gasteiger partial charge in [-0.15, -0.1) is 5.10 Å². The molecule has 0 saturated carbocycles. The Morgan fingerprint density at radius 2 is 1.97 bits per heavy atom. The third kappa shape index (κ3) is 4.42.